The Morgan fingerprint density at radius 2 is 1.66 bits per heavy atom. The third kappa shape index (κ3) is 4.61. The number of benzene rings is 2. The number of hydrogen-bond donors (Lipinski definition) is 1. The zero-order valence-corrected chi connectivity index (χ0v) is 19.1. The minimum Gasteiger partial charge on any atom is -0.379 e. The number of hydrogen-bond acceptors (Lipinski definition) is 5. The van der Waals surface area contributed by atoms with Crippen molar-refractivity contribution in [2.45, 2.75) is 27.2 Å². The molecule has 2 aliphatic rings. The largest absolute Gasteiger partial charge is 0.379 e. The standard InChI is InChI=1S/C26H31N3O3/c1-4-20-6-8-21(9-7-20)27-24-23(22-10-5-18(2)17-19(22)3)25(30)29(26(24)31)12-11-28-13-15-32-16-14-28/h5-10,17,27H,4,11-16H2,1-3H3. The van der Waals surface area contributed by atoms with Crippen molar-refractivity contribution in [2.75, 3.05) is 44.7 Å². The van der Waals surface area contributed by atoms with Crippen LogP contribution in [-0.2, 0) is 20.7 Å². The number of morpholine rings is 1. The molecule has 2 aliphatic heterocycles. The summed E-state index contributed by atoms with van der Waals surface area (Å²) in [6.07, 6.45) is 0.948. The van der Waals surface area contributed by atoms with Crippen molar-refractivity contribution >= 4 is 23.1 Å². The van der Waals surface area contributed by atoms with Crippen LogP contribution in [0.25, 0.3) is 5.57 Å². The lowest BCUT2D eigenvalue weighted by Crippen LogP contribution is -2.43. The average molecular weight is 434 g/mol. The maximum Gasteiger partial charge on any atom is 0.278 e. The van der Waals surface area contributed by atoms with Crippen molar-refractivity contribution in [3.8, 4) is 0 Å². The predicted molar refractivity (Wildman–Crippen MR) is 126 cm³/mol. The van der Waals surface area contributed by atoms with Crippen LogP contribution >= 0.6 is 0 Å². The van der Waals surface area contributed by atoms with Gasteiger partial charge in [-0.2, -0.15) is 0 Å². The molecule has 1 fully saturated rings. The third-order valence-electron chi connectivity index (χ3n) is 6.19. The molecule has 0 radical (unpaired) electrons. The number of amides is 2. The van der Waals surface area contributed by atoms with Crippen molar-refractivity contribution in [2.24, 2.45) is 0 Å². The first-order valence-corrected chi connectivity index (χ1v) is 11.3. The van der Waals surface area contributed by atoms with Gasteiger partial charge in [0.25, 0.3) is 11.8 Å². The predicted octanol–water partition coefficient (Wildman–Crippen LogP) is 3.39. The van der Waals surface area contributed by atoms with E-state index in [2.05, 4.69) is 17.1 Å². The lowest BCUT2D eigenvalue weighted by Gasteiger charge is -2.28. The molecule has 32 heavy (non-hydrogen) atoms. The van der Waals surface area contributed by atoms with Crippen LogP contribution < -0.4 is 5.32 Å². The summed E-state index contributed by atoms with van der Waals surface area (Å²) in [5.41, 5.74) is 5.74. The molecule has 6 heteroatoms. The number of anilines is 1. The van der Waals surface area contributed by atoms with Crippen LogP contribution in [0.15, 0.2) is 48.2 Å². The smallest absolute Gasteiger partial charge is 0.278 e. The van der Waals surface area contributed by atoms with Crippen molar-refractivity contribution in [3.63, 3.8) is 0 Å². The van der Waals surface area contributed by atoms with E-state index in [1.54, 1.807) is 0 Å². The molecule has 2 heterocycles. The fourth-order valence-corrected chi connectivity index (χ4v) is 4.27. The minimum atomic E-state index is -0.266. The number of ether oxygens (including phenoxy) is 1. The first kappa shape index (κ1) is 22.2. The molecule has 0 aromatic heterocycles. The van der Waals surface area contributed by atoms with Gasteiger partial charge in [0.2, 0.25) is 0 Å². The van der Waals surface area contributed by atoms with E-state index in [0.29, 0.717) is 37.6 Å². The highest BCUT2D eigenvalue weighted by atomic mass is 16.5. The van der Waals surface area contributed by atoms with Gasteiger partial charge in [0.1, 0.15) is 5.70 Å². The van der Waals surface area contributed by atoms with E-state index in [0.717, 1.165) is 41.9 Å². The Bertz CT molecular complexity index is 1040. The highest BCUT2D eigenvalue weighted by molar-refractivity contribution is 6.36. The molecular formula is C26H31N3O3. The zero-order valence-electron chi connectivity index (χ0n) is 19.1. The molecule has 2 amide bonds. The number of carbonyl (C=O) groups excluding carboxylic acids is 2. The first-order chi connectivity index (χ1) is 15.5. The van der Waals surface area contributed by atoms with Crippen LogP contribution in [0.3, 0.4) is 0 Å². The summed E-state index contributed by atoms with van der Waals surface area (Å²) >= 11 is 0. The van der Waals surface area contributed by atoms with Gasteiger partial charge in [-0.05, 0) is 49.1 Å². The molecule has 0 bridgehead atoms. The van der Waals surface area contributed by atoms with Gasteiger partial charge in [0, 0.05) is 31.9 Å². The van der Waals surface area contributed by atoms with Crippen LogP contribution in [0.4, 0.5) is 5.69 Å². The van der Waals surface area contributed by atoms with Gasteiger partial charge in [0.15, 0.2) is 0 Å². The van der Waals surface area contributed by atoms with Gasteiger partial charge < -0.3 is 10.1 Å². The monoisotopic (exact) mass is 433 g/mol. The van der Waals surface area contributed by atoms with Crippen molar-refractivity contribution in [1.29, 1.82) is 0 Å². The highest BCUT2D eigenvalue weighted by Crippen LogP contribution is 2.32. The SMILES string of the molecule is CCc1ccc(NC2=C(c3ccc(C)cc3C)C(=O)N(CCN3CCOCC3)C2=O)cc1. The van der Waals surface area contributed by atoms with E-state index in [1.807, 2.05) is 56.3 Å². The maximum atomic E-state index is 13.5. The Kier molecular flexibility index (Phi) is 6.72. The van der Waals surface area contributed by atoms with Crippen molar-refractivity contribution in [1.82, 2.24) is 9.80 Å². The lowest BCUT2D eigenvalue weighted by atomic mass is 9.97. The van der Waals surface area contributed by atoms with E-state index in [-0.39, 0.29) is 11.8 Å². The summed E-state index contributed by atoms with van der Waals surface area (Å²) in [4.78, 5) is 30.5. The number of nitrogens with zero attached hydrogens (tertiary/aromatic N) is 2. The van der Waals surface area contributed by atoms with Gasteiger partial charge in [-0.1, -0.05) is 42.8 Å². The number of aryl methyl sites for hydroxylation is 3. The molecule has 6 nitrogen and oxygen atoms in total. The Hall–Kier alpha value is -2.96. The molecule has 0 spiro atoms. The molecule has 4 rings (SSSR count). The maximum absolute atomic E-state index is 13.5. The number of carbonyl (C=O) groups is 2. The second kappa shape index (κ2) is 9.67. The minimum absolute atomic E-state index is 0.233. The molecule has 2 aromatic rings. The molecule has 1 saturated heterocycles. The summed E-state index contributed by atoms with van der Waals surface area (Å²) in [5, 5.41) is 3.26. The van der Waals surface area contributed by atoms with Crippen LogP contribution in [-0.4, -0.2) is 61.0 Å². The highest BCUT2D eigenvalue weighted by Gasteiger charge is 2.39. The van der Waals surface area contributed by atoms with E-state index < -0.39 is 0 Å². The fourth-order valence-electron chi connectivity index (χ4n) is 4.27. The molecule has 1 N–H and O–H groups in total. The molecule has 0 unspecified atom stereocenters. The van der Waals surface area contributed by atoms with Gasteiger partial charge in [0.05, 0.1) is 18.8 Å². The zero-order chi connectivity index (χ0) is 22.7. The summed E-state index contributed by atoms with van der Waals surface area (Å²) in [7, 11) is 0. The Balaban J connectivity index is 1.64. The summed E-state index contributed by atoms with van der Waals surface area (Å²) in [5.74, 6) is -0.499. The number of rotatable bonds is 7. The summed E-state index contributed by atoms with van der Waals surface area (Å²) in [6.45, 7) is 10.2. The molecule has 0 atom stereocenters. The quantitative estimate of drug-likeness (QED) is 0.679. The van der Waals surface area contributed by atoms with Crippen LogP contribution in [0.5, 0.6) is 0 Å². The number of nitrogens with one attached hydrogen (secondary N) is 1. The lowest BCUT2D eigenvalue weighted by molar-refractivity contribution is -0.137. The van der Waals surface area contributed by atoms with Gasteiger partial charge in [-0.15, -0.1) is 0 Å². The van der Waals surface area contributed by atoms with Gasteiger partial charge >= 0.3 is 0 Å². The van der Waals surface area contributed by atoms with E-state index in [1.165, 1.54) is 10.5 Å². The first-order valence-electron chi connectivity index (χ1n) is 11.3. The third-order valence-corrected chi connectivity index (χ3v) is 6.19. The number of imide groups is 1. The van der Waals surface area contributed by atoms with E-state index in [9.17, 15) is 9.59 Å². The van der Waals surface area contributed by atoms with E-state index in [4.69, 9.17) is 4.74 Å². The second-order valence-corrected chi connectivity index (χ2v) is 8.46. The van der Waals surface area contributed by atoms with Crippen molar-refractivity contribution < 1.29 is 14.3 Å². The normalized spacial score (nSPS) is 17.4. The summed E-state index contributed by atoms with van der Waals surface area (Å²) < 4.78 is 5.40. The Labute approximate surface area is 189 Å². The summed E-state index contributed by atoms with van der Waals surface area (Å²) in [6, 6.07) is 14.0. The Morgan fingerprint density at radius 3 is 2.31 bits per heavy atom. The molecule has 0 saturated carbocycles. The van der Waals surface area contributed by atoms with E-state index >= 15 is 0 Å². The molecule has 0 aliphatic carbocycles. The molecular weight excluding hydrogens is 402 g/mol. The van der Waals surface area contributed by atoms with Crippen LogP contribution in [0.1, 0.15) is 29.2 Å². The molecule has 2 aromatic carbocycles. The second-order valence-electron chi connectivity index (χ2n) is 8.46. The molecule has 168 valence electrons. The fraction of sp³-hybridized carbons (Fsp3) is 0.385. The topological polar surface area (TPSA) is 61.9 Å². The average Bonchev–Trinajstić information content (AvgIpc) is 3.03. The van der Waals surface area contributed by atoms with Gasteiger partial charge in [-0.3, -0.25) is 19.4 Å². The van der Waals surface area contributed by atoms with Crippen LogP contribution in [0.2, 0.25) is 0 Å². The Morgan fingerprint density at radius 1 is 0.938 bits per heavy atom. The van der Waals surface area contributed by atoms with Crippen molar-refractivity contribution in [3.05, 3.63) is 70.4 Å². The van der Waals surface area contributed by atoms with Crippen LogP contribution in [0, 0.1) is 13.8 Å². The van der Waals surface area contributed by atoms with Gasteiger partial charge in [-0.25, -0.2) is 0 Å².